The molecule has 2 N–H and O–H groups in total. The Kier molecular flexibility index (Phi) is 5.19. The number of benzene rings is 1. The van der Waals surface area contributed by atoms with E-state index in [4.69, 9.17) is 0 Å². The highest BCUT2D eigenvalue weighted by molar-refractivity contribution is 7.17. The molecule has 0 fully saturated rings. The van der Waals surface area contributed by atoms with Crippen molar-refractivity contribution < 1.29 is 5.11 Å². The third kappa shape index (κ3) is 3.93. The van der Waals surface area contributed by atoms with Crippen LogP contribution in [0.15, 0.2) is 29.6 Å². The Morgan fingerprint density at radius 3 is 2.79 bits per heavy atom. The molecule has 2 rings (SSSR count). The van der Waals surface area contributed by atoms with Crippen LogP contribution in [0.3, 0.4) is 0 Å². The van der Waals surface area contributed by atoms with Gasteiger partial charge in [0.1, 0.15) is 0 Å². The summed E-state index contributed by atoms with van der Waals surface area (Å²) < 4.78 is 1.30. The molecule has 4 heteroatoms. The number of aliphatic hydroxyl groups is 1. The summed E-state index contributed by atoms with van der Waals surface area (Å²) in [4.78, 5) is 2.23. The van der Waals surface area contributed by atoms with Crippen LogP contribution in [-0.4, -0.2) is 42.3 Å². The average Bonchev–Trinajstić information content (AvgIpc) is 2.89. The van der Waals surface area contributed by atoms with Gasteiger partial charge in [-0.2, -0.15) is 0 Å². The van der Waals surface area contributed by atoms with Crippen LogP contribution in [-0.2, 0) is 0 Å². The van der Waals surface area contributed by atoms with Crippen LogP contribution in [0.2, 0.25) is 0 Å². The van der Waals surface area contributed by atoms with E-state index in [-0.39, 0.29) is 6.10 Å². The minimum atomic E-state index is -0.335. The Morgan fingerprint density at radius 1 is 1.26 bits per heavy atom. The monoisotopic (exact) mass is 278 g/mol. The van der Waals surface area contributed by atoms with Gasteiger partial charge in [-0.15, -0.1) is 11.3 Å². The van der Waals surface area contributed by atoms with Gasteiger partial charge in [0.15, 0.2) is 0 Å². The lowest BCUT2D eigenvalue weighted by Crippen LogP contribution is -2.35. The van der Waals surface area contributed by atoms with Gasteiger partial charge in [-0.3, -0.25) is 0 Å². The lowest BCUT2D eigenvalue weighted by atomic mass is 10.2. The highest BCUT2D eigenvalue weighted by atomic mass is 32.1. The molecule has 0 aliphatic heterocycles. The molecular weight excluding hydrogens is 256 g/mol. The van der Waals surface area contributed by atoms with Gasteiger partial charge in [0.05, 0.1) is 6.10 Å². The summed E-state index contributed by atoms with van der Waals surface area (Å²) in [6.07, 6.45) is -0.335. The molecule has 104 valence electrons. The fourth-order valence-corrected chi connectivity index (χ4v) is 2.93. The van der Waals surface area contributed by atoms with Crippen LogP contribution in [0.5, 0.6) is 0 Å². The molecule has 1 atom stereocenters. The second kappa shape index (κ2) is 6.89. The number of hydrogen-bond donors (Lipinski definition) is 2. The lowest BCUT2D eigenvalue weighted by Gasteiger charge is -2.22. The minimum Gasteiger partial charge on any atom is -0.390 e. The summed E-state index contributed by atoms with van der Waals surface area (Å²) in [5.74, 6) is 0. The number of anilines is 1. The molecule has 0 aliphatic carbocycles. The van der Waals surface area contributed by atoms with E-state index in [2.05, 4.69) is 53.7 Å². The predicted molar refractivity (Wildman–Crippen MR) is 84.1 cm³/mol. The molecule has 2 aromatic rings. The molecule has 0 amide bonds. The first-order valence-corrected chi connectivity index (χ1v) is 7.72. The second-order valence-electron chi connectivity index (χ2n) is 4.69. The van der Waals surface area contributed by atoms with Crippen LogP contribution < -0.4 is 5.32 Å². The number of rotatable bonds is 7. The van der Waals surface area contributed by atoms with Crippen molar-refractivity contribution in [3.05, 3.63) is 29.6 Å². The maximum atomic E-state index is 10.0. The summed E-state index contributed by atoms with van der Waals surface area (Å²) in [5.41, 5.74) is 1.07. The van der Waals surface area contributed by atoms with Gasteiger partial charge in [0.2, 0.25) is 0 Å². The van der Waals surface area contributed by atoms with Gasteiger partial charge in [0, 0.05) is 23.5 Å². The van der Waals surface area contributed by atoms with Gasteiger partial charge in [-0.25, -0.2) is 0 Å². The quantitative estimate of drug-likeness (QED) is 0.817. The standard InChI is InChI=1S/C15H22N2OS/c1-3-17(4-2)11-14(18)10-16-13-5-6-15-12(9-13)7-8-19-15/h5-9,14,16,18H,3-4,10-11H2,1-2H3. The third-order valence-electron chi connectivity index (χ3n) is 3.36. The summed E-state index contributed by atoms with van der Waals surface area (Å²) >= 11 is 1.75. The molecule has 19 heavy (non-hydrogen) atoms. The van der Waals surface area contributed by atoms with Crippen molar-refractivity contribution in [3.8, 4) is 0 Å². The highest BCUT2D eigenvalue weighted by Crippen LogP contribution is 2.23. The fraction of sp³-hybridized carbons (Fsp3) is 0.467. The molecule has 0 saturated heterocycles. The highest BCUT2D eigenvalue weighted by Gasteiger charge is 2.08. The zero-order chi connectivity index (χ0) is 13.7. The number of fused-ring (bicyclic) bond motifs is 1. The minimum absolute atomic E-state index is 0.335. The Morgan fingerprint density at radius 2 is 2.05 bits per heavy atom. The van der Waals surface area contributed by atoms with E-state index in [0.717, 1.165) is 25.3 Å². The second-order valence-corrected chi connectivity index (χ2v) is 5.64. The van der Waals surface area contributed by atoms with Crippen molar-refractivity contribution >= 4 is 27.1 Å². The maximum absolute atomic E-state index is 10.0. The topological polar surface area (TPSA) is 35.5 Å². The molecule has 1 aromatic carbocycles. The van der Waals surface area contributed by atoms with Crippen molar-refractivity contribution in [2.24, 2.45) is 0 Å². The van der Waals surface area contributed by atoms with E-state index in [0.29, 0.717) is 6.54 Å². The number of hydrogen-bond acceptors (Lipinski definition) is 4. The van der Waals surface area contributed by atoms with Crippen LogP contribution in [0.1, 0.15) is 13.8 Å². The van der Waals surface area contributed by atoms with Crippen LogP contribution >= 0.6 is 11.3 Å². The van der Waals surface area contributed by atoms with Crippen LogP contribution in [0.25, 0.3) is 10.1 Å². The van der Waals surface area contributed by atoms with Gasteiger partial charge >= 0.3 is 0 Å². The van der Waals surface area contributed by atoms with Crippen LogP contribution in [0.4, 0.5) is 5.69 Å². The summed E-state index contributed by atoms with van der Waals surface area (Å²) in [5, 5.41) is 16.7. The van der Waals surface area contributed by atoms with Crippen molar-refractivity contribution in [2.75, 3.05) is 31.5 Å². The summed E-state index contributed by atoms with van der Waals surface area (Å²) in [6.45, 7) is 7.51. The summed E-state index contributed by atoms with van der Waals surface area (Å²) in [6, 6.07) is 8.45. The molecule has 0 bridgehead atoms. The number of nitrogens with zero attached hydrogens (tertiary/aromatic N) is 1. The first kappa shape index (κ1) is 14.3. The van der Waals surface area contributed by atoms with E-state index in [1.807, 2.05) is 0 Å². The normalized spacial score (nSPS) is 13.1. The molecule has 1 heterocycles. The SMILES string of the molecule is CCN(CC)CC(O)CNc1ccc2sccc2c1. The number of thiophene rings is 1. The zero-order valence-electron chi connectivity index (χ0n) is 11.6. The van der Waals surface area contributed by atoms with E-state index in [1.165, 1.54) is 10.1 Å². The largest absolute Gasteiger partial charge is 0.390 e. The van der Waals surface area contributed by atoms with Crippen molar-refractivity contribution in [1.29, 1.82) is 0 Å². The average molecular weight is 278 g/mol. The Hall–Kier alpha value is -1.10. The van der Waals surface area contributed by atoms with E-state index in [1.54, 1.807) is 11.3 Å². The van der Waals surface area contributed by atoms with Crippen LogP contribution in [0, 0.1) is 0 Å². The number of nitrogens with one attached hydrogen (secondary N) is 1. The molecule has 3 nitrogen and oxygen atoms in total. The predicted octanol–water partition coefficient (Wildman–Crippen LogP) is 3.02. The lowest BCUT2D eigenvalue weighted by molar-refractivity contribution is 0.128. The van der Waals surface area contributed by atoms with Gasteiger partial charge in [-0.1, -0.05) is 13.8 Å². The van der Waals surface area contributed by atoms with Gasteiger partial charge in [0.25, 0.3) is 0 Å². The molecule has 0 saturated carbocycles. The molecule has 0 radical (unpaired) electrons. The Balaban J connectivity index is 1.87. The van der Waals surface area contributed by atoms with Gasteiger partial charge < -0.3 is 15.3 Å². The zero-order valence-corrected chi connectivity index (χ0v) is 12.4. The maximum Gasteiger partial charge on any atom is 0.0839 e. The van der Waals surface area contributed by atoms with E-state index >= 15 is 0 Å². The fourth-order valence-electron chi connectivity index (χ4n) is 2.16. The first-order chi connectivity index (χ1) is 9.22. The smallest absolute Gasteiger partial charge is 0.0839 e. The molecule has 0 aliphatic rings. The third-order valence-corrected chi connectivity index (χ3v) is 4.26. The summed E-state index contributed by atoms with van der Waals surface area (Å²) in [7, 11) is 0. The molecule has 1 aromatic heterocycles. The molecular formula is C15H22N2OS. The van der Waals surface area contributed by atoms with Crippen molar-refractivity contribution in [1.82, 2.24) is 4.90 Å². The number of aliphatic hydroxyl groups excluding tert-OH is 1. The molecule has 1 unspecified atom stereocenters. The van der Waals surface area contributed by atoms with Crippen molar-refractivity contribution in [2.45, 2.75) is 20.0 Å². The number of likely N-dealkylation sites (N-methyl/N-ethyl adjacent to an activating group) is 1. The first-order valence-electron chi connectivity index (χ1n) is 6.84. The molecule has 0 spiro atoms. The van der Waals surface area contributed by atoms with E-state index < -0.39 is 0 Å². The van der Waals surface area contributed by atoms with Gasteiger partial charge in [-0.05, 0) is 48.1 Å². The van der Waals surface area contributed by atoms with E-state index in [9.17, 15) is 5.11 Å². The van der Waals surface area contributed by atoms with Crippen molar-refractivity contribution in [3.63, 3.8) is 0 Å². The Labute approximate surface area is 118 Å². The Bertz CT molecular complexity index is 508.